The molecular weight excluding hydrogens is 354 g/mol. The quantitative estimate of drug-likeness (QED) is 0.665. The largest absolute Gasteiger partial charge is 0.493 e. The van der Waals surface area contributed by atoms with Crippen molar-refractivity contribution in [3.63, 3.8) is 0 Å². The molecule has 1 N–H and O–H groups in total. The van der Waals surface area contributed by atoms with E-state index >= 15 is 0 Å². The van der Waals surface area contributed by atoms with E-state index in [0.717, 1.165) is 21.9 Å². The summed E-state index contributed by atoms with van der Waals surface area (Å²) in [5.41, 5.74) is 1.88. The minimum Gasteiger partial charge on any atom is -0.493 e. The average molecular weight is 379 g/mol. The minimum absolute atomic E-state index is 0.0743. The van der Waals surface area contributed by atoms with Crippen molar-refractivity contribution in [1.82, 2.24) is 5.32 Å². The van der Waals surface area contributed by atoms with Crippen molar-refractivity contribution < 1.29 is 19.0 Å². The molecule has 3 aromatic rings. The standard InChI is InChI=1S/C23H25NO4/c1-15(18-11-7-9-17-8-5-6-10-19(17)18)24-22(25)14-16-12-20(26-2)23(28-4)21(13-16)27-3/h5-13,15H,14H2,1-4H3,(H,24,25). The third-order valence-electron chi connectivity index (χ3n) is 4.76. The molecule has 5 nitrogen and oxygen atoms in total. The molecule has 0 aromatic heterocycles. The van der Waals surface area contributed by atoms with Gasteiger partial charge < -0.3 is 19.5 Å². The monoisotopic (exact) mass is 379 g/mol. The van der Waals surface area contributed by atoms with Gasteiger partial charge in [0.2, 0.25) is 11.7 Å². The normalized spacial score (nSPS) is 11.7. The maximum atomic E-state index is 12.7. The Labute approximate surface area is 165 Å². The highest BCUT2D eigenvalue weighted by Crippen LogP contribution is 2.38. The van der Waals surface area contributed by atoms with Crippen LogP contribution in [0.3, 0.4) is 0 Å². The summed E-state index contributed by atoms with van der Waals surface area (Å²) in [6, 6.07) is 17.8. The summed E-state index contributed by atoms with van der Waals surface area (Å²) >= 11 is 0. The number of carbonyl (C=O) groups is 1. The Balaban J connectivity index is 1.78. The van der Waals surface area contributed by atoms with Crippen LogP contribution in [0.4, 0.5) is 0 Å². The van der Waals surface area contributed by atoms with Gasteiger partial charge in [-0.25, -0.2) is 0 Å². The Kier molecular flexibility index (Phi) is 6.04. The van der Waals surface area contributed by atoms with Gasteiger partial charge in [-0.3, -0.25) is 4.79 Å². The first kappa shape index (κ1) is 19.5. The molecule has 0 radical (unpaired) electrons. The highest BCUT2D eigenvalue weighted by molar-refractivity contribution is 5.87. The topological polar surface area (TPSA) is 56.8 Å². The highest BCUT2D eigenvalue weighted by atomic mass is 16.5. The summed E-state index contributed by atoms with van der Waals surface area (Å²) in [6.45, 7) is 1.99. The van der Waals surface area contributed by atoms with Crippen molar-refractivity contribution >= 4 is 16.7 Å². The van der Waals surface area contributed by atoms with E-state index in [2.05, 4.69) is 23.5 Å². The number of rotatable bonds is 7. The van der Waals surface area contributed by atoms with Crippen molar-refractivity contribution in [2.24, 2.45) is 0 Å². The summed E-state index contributed by atoms with van der Waals surface area (Å²) in [5, 5.41) is 5.39. The van der Waals surface area contributed by atoms with Gasteiger partial charge in [-0.05, 0) is 41.0 Å². The number of carbonyl (C=O) groups excluding carboxylic acids is 1. The summed E-state index contributed by atoms with van der Waals surface area (Å²) in [6.07, 6.45) is 0.214. The second-order valence-electron chi connectivity index (χ2n) is 6.57. The van der Waals surface area contributed by atoms with E-state index < -0.39 is 0 Å². The molecule has 1 amide bonds. The van der Waals surface area contributed by atoms with Crippen LogP contribution in [0.1, 0.15) is 24.1 Å². The molecule has 5 heteroatoms. The second-order valence-corrected chi connectivity index (χ2v) is 6.57. The van der Waals surface area contributed by atoms with Crippen LogP contribution >= 0.6 is 0 Å². The maximum absolute atomic E-state index is 12.7. The van der Waals surface area contributed by atoms with Crippen LogP contribution in [0.2, 0.25) is 0 Å². The second kappa shape index (κ2) is 8.65. The Hall–Kier alpha value is -3.21. The number of methoxy groups -OCH3 is 3. The number of amides is 1. The van der Waals surface area contributed by atoms with Crippen LogP contribution in [0, 0.1) is 0 Å². The fraction of sp³-hybridized carbons (Fsp3) is 0.261. The molecule has 0 aliphatic rings. The molecule has 0 saturated heterocycles. The highest BCUT2D eigenvalue weighted by Gasteiger charge is 2.17. The summed E-state index contributed by atoms with van der Waals surface area (Å²) in [4.78, 5) is 12.7. The minimum atomic E-state index is -0.111. The lowest BCUT2D eigenvalue weighted by Crippen LogP contribution is -2.28. The number of benzene rings is 3. The van der Waals surface area contributed by atoms with Crippen LogP contribution in [0.5, 0.6) is 17.2 Å². The molecule has 0 bridgehead atoms. The Morgan fingerprint density at radius 1 is 0.929 bits per heavy atom. The fourth-order valence-electron chi connectivity index (χ4n) is 3.42. The Morgan fingerprint density at radius 2 is 1.57 bits per heavy atom. The van der Waals surface area contributed by atoms with Crippen molar-refractivity contribution in [3.05, 3.63) is 65.7 Å². The van der Waals surface area contributed by atoms with E-state index in [1.807, 2.05) is 31.2 Å². The SMILES string of the molecule is COc1cc(CC(=O)NC(C)c2cccc3ccccc23)cc(OC)c1OC. The maximum Gasteiger partial charge on any atom is 0.224 e. The lowest BCUT2D eigenvalue weighted by molar-refractivity contribution is -0.121. The third kappa shape index (κ3) is 4.03. The number of hydrogen-bond acceptors (Lipinski definition) is 4. The van der Waals surface area contributed by atoms with E-state index in [1.54, 1.807) is 33.5 Å². The molecule has 1 unspecified atom stereocenters. The Morgan fingerprint density at radius 3 is 2.21 bits per heavy atom. The van der Waals surface area contributed by atoms with E-state index in [4.69, 9.17) is 14.2 Å². The van der Waals surface area contributed by atoms with Gasteiger partial charge in [-0.2, -0.15) is 0 Å². The predicted octanol–water partition coefficient (Wildman–Crippen LogP) is 4.29. The van der Waals surface area contributed by atoms with E-state index in [-0.39, 0.29) is 18.4 Å². The zero-order valence-electron chi connectivity index (χ0n) is 16.6. The number of hydrogen-bond donors (Lipinski definition) is 1. The van der Waals surface area contributed by atoms with Crippen LogP contribution in [-0.4, -0.2) is 27.2 Å². The van der Waals surface area contributed by atoms with Crippen molar-refractivity contribution in [1.29, 1.82) is 0 Å². The van der Waals surface area contributed by atoms with Gasteiger partial charge in [0.1, 0.15) is 0 Å². The van der Waals surface area contributed by atoms with Crippen LogP contribution < -0.4 is 19.5 Å². The number of fused-ring (bicyclic) bond motifs is 1. The van der Waals surface area contributed by atoms with E-state index in [9.17, 15) is 4.79 Å². The van der Waals surface area contributed by atoms with Gasteiger partial charge in [-0.1, -0.05) is 42.5 Å². The summed E-state index contributed by atoms with van der Waals surface area (Å²) in [7, 11) is 4.67. The smallest absolute Gasteiger partial charge is 0.224 e. The lowest BCUT2D eigenvalue weighted by Gasteiger charge is -2.18. The van der Waals surface area contributed by atoms with Gasteiger partial charge in [0.25, 0.3) is 0 Å². The van der Waals surface area contributed by atoms with Crippen molar-refractivity contribution in [2.45, 2.75) is 19.4 Å². The van der Waals surface area contributed by atoms with Gasteiger partial charge >= 0.3 is 0 Å². The van der Waals surface area contributed by atoms with Crippen molar-refractivity contribution in [3.8, 4) is 17.2 Å². The molecule has 3 aromatic carbocycles. The van der Waals surface area contributed by atoms with Gasteiger partial charge in [0, 0.05) is 0 Å². The molecule has 0 aliphatic carbocycles. The molecule has 28 heavy (non-hydrogen) atoms. The summed E-state index contributed by atoms with van der Waals surface area (Å²) < 4.78 is 16.1. The predicted molar refractivity (Wildman–Crippen MR) is 110 cm³/mol. The van der Waals surface area contributed by atoms with Crippen molar-refractivity contribution in [2.75, 3.05) is 21.3 Å². The van der Waals surface area contributed by atoms with E-state index in [1.165, 1.54) is 0 Å². The molecule has 0 saturated carbocycles. The Bertz CT molecular complexity index is 953. The first-order valence-corrected chi connectivity index (χ1v) is 9.13. The molecule has 0 fully saturated rings. The molecule has 0 heterocycles. The van der Waals surface area contributed by atoms with Crippen LogP contribution in [0.25, 0.3) is 10.8 Å². The van der Waals surface area contributed by atoms with Crippen LogP contribution in [0.15, 0.2) is 54.6 Å². The average Bonchev–Trinajstić information content (AvgIpc) is 2.72. The molecule has 146 valence electrons. The molecule has 0 aliphatic heterocycles. The third-order valence-corrected chi connectivity index (χ3v) is 4.76. The van der Waals surface area contributed by atoms with Gasteiger partial charge in [-0.15, -0.1) is 0 Å². The lowest BCUT2D eigenvalue weighted by atomic mass is 9.99. The zero-order chi connectivity index (χ0) is 20.1. The van der Waals surface area contributed by atoms with E-state index in [0.29, 0.717) is 17.2 Å². The van der Waals surface area contributed by atoms with Gasteiger partial charge in [0.05, 0.1) is 33.8 Å². The first-order chi connectivity index (χ1) is 13.6. The molecular formula is C23H25NO4. The summed E-state index contributed by atoms with van der Waals surface area (Å²) in [5.74, 6) is 1.51. The number of nitrogens with one attached hydrogen (secondary N) is 1. The fourth-order valence-corrected chi connectivity index (χ4v) is 3.42. The molecule has 1 atom stereocenters. The van der Waals surface area contributed by atoms with Gasteiger partial charge in [0.15, 0.2) is 11.5 Å². The van der Waals surface area contributed by atoms with Crippen LogP contribution in [-0.2, 0) is 11.2 Å². The first-order valence-electron chi connectivity index (χ1n) is 9.13. The zero-order valence-corrected chi connectivity index (χ0v) is 16.6. The molecule has 0 spiro atoms. The molecule has 3 rings (SSSR count). The number of ether oxygens (including phenoxy) is 3.